The van der Waals surface area contributed by atoms with Crippen LogP contribution in [0.1, 0.15) is 49.6 Å². The van der Waals surface area contributed by atoms with Crippen LogP contribution in [-0.4, -0.2) is 15.7 Å². The molecule has 0 fully saturated rings. The molecule has 1 N–H and O–H groups in total. The number of nitrogens with zero attached hydrogens (tertiary/aromatic N) is 2. The average Bonchev–Trinajstić information content (AvgIpc) is 3.08. The quantitative estimate of drug-likeness (QED) is 0.357. The van der Waals surface area contributed by atoms with Crippen molar-refractivity contribution in [2.24, 2.45) is 0 Å². The van der Waals surface area contributed by atoms with Crippen LogP contribution in [0.2, 0.25) is 0 Å². The number of aromatic nitrogens is 2. The zero-order chi connectivity index (χ0) is 24.2. The highest BCUT2D eigenvalue weighted by molar-refractivity contribution is 6.04. The maximum Gasteiger partial charge on any atom is 0.255 e. The highest BCUT2D eigenvalue weighted by Gasteiger charge is 2.16. The summed E-state index contributed by atoms with van der Waals surface area (Å²) in [7, 11) is 0. The lowest BCUT2D eigenvalue weighted by atomic mass is 10.1. The number of nitrogens with one attached hydrogen (secondary N) is 1. The third kappa shape index (κ3) is 5.04. The summed E-state index contributed by atoms with van der Waals surface area (Å²) in [6, 6.07) is 21.9. The van der Waals surface area contributed by atoms with Gasteiger partial charge in [-0.05, 0) is 74.6 Å². The average molecular weight is 454 g/mol. The topological polar surface area (TPSA) is 56.2 Å². The van der Waals surface area contributed by atoms with Gasteiger partial charge in [-0.25, -0.2) is 0 Å². The highest BCUT2D eigenvalue weighted by atomic mass is 16.5. The van der Waals surface area contributed by atoms with Crippen molar-refractivity contribution in [3.8, 4) is 5.75 Å². The van der Waals surface area contributed by atoms with Crippen molar-refractivity contribution < 1.29 is 9.53 Å². The van der Waals surface area contributed by atoms with E-state index in [4.69, 9.17) is 4.74 Å². The Morgan fingerprint density at radius 1 is 0.853 bits per heavy atom. The van der Waals surface area contributed by atoms with Crippen LogP contribution in [0.25, 0.3) is 0 Å². The van der Waals surface area contributed by atoms with E-state index in [0.29, 0.717) is 18.7 Å². The summed E-state index contributed by atoms with van der Waals surface area (Å²) in [4.78, 5) is 12.9. The van der Waals surface area contributed by atoms with Gasteiger partial charge < -0.3 is 10.1 Å². The van der Waals surface area contributed by atoms with Gasteiger partial charge >= 0.3 is 0 Å². The van der Waals surface area contributed by atoms with E-state index in [-0.39, 0.29) is 5.91 Å². The molecule has 1 aromatic heterocycles. The third-order valence-electron chi connectivity index (χ3n) is 6.21. The summed E-state index contributed by atoms with van der Waals surface area (Å²) in [5.74, 6) is 0.766. The van der Waals surface area contributed by atoms with E-state index in [1.807, 2.05) is 87.0 Å². The summed E-state index contributed by atoms with van der Waals surface area (Å²) in [6.45, 7) is 11.2. The fraction of sp³-hybridized carbons (Fsp3) is 0.241. The monoisotopic (exact) mass is 453 g/mol. The molecule has 0 unspecified atom stereocenters. The SMILES string of the molecule is Cc1ccccc1Cn1nc(C)c(NC(=O)c2ccc(COc3c(C)cccc3C)cc2)c1C. The van der Waals surface area contributed by atoms with Crippen LogP contribution >= 0.6 is 0 Å². The van der Waals surface area contributed by atoms with Crippen LogP contribution < -0.4 is 10.1 Å². The second-order valence-corrected chi connectivity index (χ2v) is 8.79. The van der Waals surface area contributed by atoms with E-state index in [9.17, 15) is 4.79 Å². The predicted octanol–water partition coefficient (Wildman–Crippen LogP) is 6.30. The molecule has 5 nitrogen and oxygen atoms in total. The molecule has 0 spiro atoms. The first-order valence-corrected chi connectivity index (χ1v) is 11.5. The number of carbonyl (C=O) groups is 1. The fourth-order valence-electron chi connectivity index (χ4n) is 4.10. The van der Waals surface area contributed by atoms with Crippen LogP contribution in [0.3, 0.4) is 0 Å². The molecule has 5 heteroatoms. The number of hydrogen-bond donors (Lipinski definition) is 1. The van der Waals surface area contributed by atoms with Gasteiger partial charge in [0.1, 0.15) is 12.4 Å². The number of para-hydroxylation sites is 1. The fourth-order valence-corrected chi connectivity index (χ4v) is 4.10. The van der Waals surface area contributed by atoms with Crippen LogP contribution in [0.15, 0.2) is 66.7 Å². The van der Waals surface area contributed by atoms with Crippen molar-refractivity contribution in [1.82, 2.24) is 9.78 Å². The minimum absolute atomic E-state index is 0.149. The second kappa shape index (κ2) is 9.96. The number of aryl methyl sites for hydroxylation is 4. The molecule has 0 aliphatic rings. The summed E-state index contributed by atoms with van der Waals surface area (Å²) in [5.41, 5.74) is 8.78. The van der Waals surface area contributed by atoms with Crippen LogP contribution in [0.5, 0.6) is 5.75 Å². The molecule has 0 radical (unpaired) electrons. The van der Waals surface area contributed by atoms with Gasteiger partial charge in [0.05, 0.1) is 23.6 Å². The zero-order valence-electron chi connectivity index (χ0n) is 20.5. The van der Waals surface area contributed by atoms with Crippen molar-refractivity contribution in [2.45, 2.75) is 47.8 Å². The molecule has 34 heavy (non-hydrogen) atoms. The first kappa shape index (κ1) is 23.3. The molecule has 0 saturated carbocycles. The Kier molecular flexibility index (Phi) is 6.82. The van der Waals surface area contributed by atoms with Crippen LogP contribution in [0, 0.1) is 34.6 Å². The van der Waals surface area contributed by atoms with Gasteiger partial charge in [0, 0.05) is 5.56 Å². The van der Waals surface area contributed by atoms with E-state index in [1.165, 1.54) is 11.1 Å². The van der Waals surface area contributed by atoms with Gasteiger partial charge in [-0.3, -0.25) is 9.48 Å². The van der Waals surface area contributed by atoms with Crippen molar-refractivity contribution in [2.75, 3.05) is 5.32 Å². The van der Waals surface area contributed by atoms with Gasteiger partial charge in [-0.2, -0.15) is 5.10 Å². The molecule has 0 aliphatic carbocycles. The number of hydrogen-bond acceptors (Lipinski definition) is 3. The highest BCUT2D eigenvalue weighted by Crippen LogP contribution is 2.24. The number of carbonyl (C=O) groups excluding carboxylic acids is 1. The Hall–Kier alpha value is -3.86. The molecule has 1 amide bonds. The number of rotatable bonds is 7. The Morgan fingerprint density at radius 2 is 1.50 bits per heavy atom. The lowest BCUT2D eigenvalue weighted by Crippen LogP contribution is -2.13. The van der Waals surface area contributed by atoms with E-state index in [2.05, 4.69) is 29.5 Å². The van der Waals surface area contributed by atoms with Crippen molar-refractivity contribution >= 4 is 11.6 Å². The molecule has 0 aliphatic heterocycles. The minimum atomic E-state index is -0.149. The van der Waals surface area contributed by atoms with E-state index in [1.54, 1.807) is 0 Å². The zero-order valence-corrected chi connectivity index (χ0v) is 20.5. The van der Waals surface area contributed by atoms with Crippen LogP contribution in [-0.2, 0) is 13.2 Å². The molecular weight excluding hydrogens is 422 g/mol. The maximum absolute atomic E-state index is 12.9. The van der Waals surface area contributed by atoms with Crippen molar-refractivity contribution in [3.05, 3.63) is 111 Å². The smallest absolute Gasteiger partial charge is 0.255 e. The van der Waals surface area contributed by atoms with E-state index >= 15 is 0 Å². The molecule has 174 valence electrons. The standard InChI is InChI=1S/C29H31N3O2/c1-19-9-6-7-12-26(19)17-32-23(5)27(22(4)31-32)30-29(33)25-15-13-24(14-16-25)18-34-28-20(2)10-8-11-21(28)3/h6-16H,17-18H2,1-5H3,(H,30,33). The van der Waals surface area contributed by atoms with Crippen molar-refractivity contribution in [1.29, 1.82) is 0 Å². The second-order valence-electron chi connectivity index (χ2n) is 8.79. The van der Waals surface area contributed by atoms with Gasteiger partial charge in [0.15, 0.2) is 0 Å². The third-order valence-corrected chi connectivity index (χ3v) is 6.21. The summed E-state index contributed by atoms with van der Waals surface area (Å²) < 4.78 is 7.98. The van der Waals surface area contributed by atoms with Gasteiger partial charge in [-0.15, -0.1) is 0 Å². The largest absolute Gasteiger partial charge is 0.488 e. The molecular formula is C29H31N3O2. The Balaban J connectivity index is 1.43. The molecule has 0 saturated heterocycles. The number of benzene rings is 3. The first-order chi connectivity index (χ1) is 16.3. The van der Waals surface area contributed by atoms with Crippen LogP contribution in [0.4, 0.5) is 5.69 Å². The number of amides is 1. The summed E-state index contributed by atoms with van der Waals surface area (Å²) in [6.07, 6.45) is 0. The minimum Gasteiger partial charge on any atom is -0.488 e. The first-order valence-electron chi connectivity index (χ1n) is 11.5. The summed E-state index contributed by atoms with van der Waals surface area (Å²) in [5, 5.41) is 7.71. The maximum atomic E-state index is 12.9. The van der Waals surface area contributed by atoms with E-state index < -0.39 is 0 Å². The predicted molar refractivity (Wildman–Crippen MR) is 137 cm³/mol. The Bertz CT molecular complexity index is 1300. The number of anilines is 1. The molecule has 4 rings (SSSR count). The van der Waals surface area contributed by atoms with Gasteiger partial charge in [0.2, 0.25) is 0 Å². The van der Waals surface area contributed by atoms with Crippen molar-refractivity contribution in [3.63, 3.8) is 0 Å². The van der Waals surface area contributed by atoms with E-state index in [0.717, 1.165) is 39.5 Å². The van der Waals surface area contributed by atoms with Gasteiger partial charge in [0.25, 0.3) is 5.91 Å². The lowest BCUT2D eigenvalue weighted by Gasteiger charge is -2.12. The molecule has 3 aromatic carbocycles. The molecule has 4 aromatic rings. The normalized spacial score (nSPS) is 10.9. The lowest BCUT2D eigenvalue weighted by molar-refractivity contribution is 0.102. The Labute approximate surface area is 201 Å². The Morgan fingerprint density at radius 3 is 2.18 bits per heavy atom. The molecule has 0 bridgehead atoms. The molecule has 0 atom stereocenters. The number of ether oxygens (including phenoxy) is 1. The summed E-state index contributed by atoms with van der Waals surface area (Å²) >= 11 is 0. The molecule has 1 heterocycles. The van der Waals surface area contributed by atoms with Gasteiger partial charge in [-0.1, -0.05) is 54.6 Å².